The van der Waals surface area contributed by atoms with Gasteiger partial charge in [-0.05, 0) is 51.0 Å². The lowest BCUT2D eigenvalue weighted by atomic mass is 10.1. The lowest BCUT2D eigenvalue weighted by Gasteiger charge is -2.32. The third kappa shape index (κ3) is 4.72. The minimum atomic E-state index is -0.504. The van der Waals surface area contributed by atoms with Gasteiger partial charge in [-0.2, -0.15) is 0 Å². The van der Waals surface area contributed by atoms with Crippen LogP contribution in [0.5, 0.6) is 6.01 Å². The summed E-state index contributed by atoms with van der Waals surface area (Å²) in [5, 5.41) is 0. The Kier molecular flexibility index (Phi) is 6.21. The van der Waals surface area contributed by atoms with E-state index >= 15 is 0 Å². The van der Waals surface area contributed by atoms with E-state index in [1.165, 1.54) is 0 Å². The standard InChI is InChI=1S/C20H25FN4O2/c1-3-24(4-2)17-9-7-15(8-10-17)19(26)25-11-5-6-18(14-25)27-20-22-12-16(21)13-23-20/h7-10,12-13,18H,3-6,11,14H2,1-2H3. The third-order valence-corrected chi connectivity index (χ3v) is 4.78. The van der Waals surface area contributed by atoms with Gasteiger partial charge in [-0.3, -0.25) is 4.79 Å². The Hall–Kier alpha value is -2.70. The molecule has 2 heterocycles. The van der Waals surface area contributed by atoms with E-state index in [-0.39, 0.29) is 18.0 Å². The number of hydrogen-bond donors (Lipinski definition) is 0. The predicted octanol–water partition coefficient (Wildman–Crippen LogP) is 3.15. The lowest BCUT2D eigenvalue weighted by Crippen LogP contribution is -2.44. The molecule has 1 aliphatic rings. The van der Waals surface area contributed by atoms with Gasteiger partial charge in [0.2, 0.25) is 0 Å². The zero-order valence-electron chi connectivity index (χ0n) is 15.8. The first-order valence-corrected chi connectivity index (χ1v) is 9.39. The maximum atomic E-state index is 12.9. The van der Waals surface area contributed by atoms with Crippen molar-refractivity contribution in [3.05, 3.63) is 48.0 Å². The number of hydrogen-bond acceptors (Lipinski definition) is 5. The molecule has 2 aromatic rings. The van der Waals surface area contributed by atoms with Gasteiger partial charge in [-0.15, -0.1) is 0 Å². The molecule has 0 spiro atoms. The van der Waals surface area contributed by atoms with Crippen LogP contribution in [0.4, 0.5) is 10.1 Å². The monoisotopic (exact) mass is 372 g/mol. The Morgan fingerprint density at radius 2 is 1.89 bits per heavy atom. The number of anilines is 1. The van der Waals surface area contributed by atoms with Gasteiger partial charge < -0.3 is 14.5 Å². The number of rotatable bonds is 6. The van der Waals surface area contributed by atoms with Crippen molar-refractivity contribution in [1.29, 1.82) is 0 Å². The molecule has 27 heavy (non-hydrogen) atoms. The van der Waals surface area contributed by atoms with Gasteiger partial charge in [0, 0.05) is 30.9 Å². The quantitative estimate of drug-likeness (QED) is 0.780. The fourth-order valence-corrected chi connectivity index (χ4v) is 3.32. The summed E-state index contributed by atoms with van der Waals surface area (Å²) in [5.74, 6) is -0.509. The topological polar surface area (TPSA) is 58.6 Å². The third-order valence-electron chi connectivity index (χ3n) is 4.78. The number of carbonyl (C=O) groups is 1. The van der Waals surface area contributed by atoms with Gasteiger partial charge in [0.25, 0.3) is 5.91 Å². The minimum absolute atomic E-state index is 0.00517. The van der Waals surface area contributed by atoms with E-state index in [0.29, 0.717) is 18.7 Å². The zero-order valence-corrected chi connectivity index (χ0v) is 15.8. The molecule has 1 atom stereocenters. The first kappa shape index (κ1) is 19.1. The Bertz CT molecular complexity index is 748. The number of piperidine rings is 1. The van der Waals surface area contributed by atoms with Crippen molar-refractivity contribution >= 4 is 11.6 Å². The SMILES string of the molecule is CCN(CC)c1ccc(C(=O)N2CCCC(Oc3ncc(F)cn3)C2)cc1. The van der Waals surface area contributed by atoms with Gasteiger partial charge >= 0.3 is 6.01 Å². The largest absolute Gasteiger partial charge is 0.458 e. The van der Waals surface area contributed by atoms with Crippen LogP contribution in [-0.4, -0.2) is 53.1 Å². The van der Waals surface area contributed by atoms with Crippen molar-refractivity contribution < 1.29 is 13.9 Å². The van der Waals surface area contributed by atoms with Crippen molar-refractivity contribution in [3.8, 4) is 6.01 Å². The summed E-state index contributed by atoms with van der Waals surface area (Å²) in [6.45, 7) is 7.25. The highest BCUT2D eigenvalue weighted by atomic mass is 19.1. The molecule has 144 valence electrons. The van der Waals surface area contributed by atoms with E-state index in [1.807, 2.05) is 24.3 Å². The molecule has 1 aliphatic heterocycles. The average Bonchev–Trinajstić information content (AvgIpc) is 2.71. The first-order valence-electron chi connectivity index (χ1n) is 9.39. The fraction of sp³-hybridized carbons (Fsp3) is 0.450. The second-order valence-electron chi connectivity index (χ2n) is 6.54. The van der Waals surface area contributed by atoms with Crippen molar-refractivity contribution in [3.63, 3.8) is 0 Å². The van der Waals surface area contributed by atoms with Crippen LogP contribution in [0.1, 0.15) is 37.0 Å². The number of ether oxygens (including phenoxy) is 1. The molecule has 0 saturated carbocycles. The first-order chi connectivity index (χ1) is 13.1. The fourth-order valence-electron chi connectivity index (χ4n) is 3.32. The Labute approximate surface area is 159 Å². The molecule has 3 rings (SSSR count). The normalized spacial score (nSPS) is 16.9. The average molecular weight is 372 g/mol. The Balaban J connectivity index is 1.63. The van der Waals surface area contributed by atoms with E-state index in [0.717, 1.165) is 44.0 Å². The van der Waals surface area contributed by atoms with Crippen LogP contribution in [0.3, 0.4) is 0 Å². The summed E-state index contributed by atoms with van der Waals surface area (Å²) in [5.41, 5.74) is 1.79. The maximum Gasteiger partial charge on any atom is 0.316 e. The van der Waals surface area contributed by atoms with Crippen LogP contribution in [0.25, 0.3) is 0 Å². The second-order valence-corrected chi connectivity index (χ2v) is 6.54. The van der Waals surface area contributed by atoms with Gasteiger partial charge in [0.1, 0.15) is 6.10 Å². The lowest BCUT2D eigenvalue weighted by molar-refractivity contribution is 0.0515. The number of carbonyl (C=O) groups excluding carboxylic acids is 1. The Morgan fingerprint density at radius 3 is 2.52 bits per heavy atom. The number of benzene rings is 1. The summed E-state index contributed by atoms with van der Waals surface area (Å²) in [7, 11) is 0. The molecule has 1 amide bonds. The van der Waals surface area contributed by atoms with Gasteiger partial charge in [0.15, 0.2) is 5.82 Å². The van der Waals surface area contributed by atoms with Crippen molar-refractivity contribution in [2.24, 2.45) is 0 Å². The molecule has 1 unspecified atom stereocenters. The minimum Gasteiger partial charge on any atom is -0.458 e. The van der Waals surface area contributed by atoms with Crippen molar-refractivity contribution in [1.82, 2.24) is 14.9 Å². The van der Waals surface area contributed by atoms with E-state index in [2.05, 4.69) is 28.7 Å². The molecule has 0 radical (unpaired) electrons. The molecule has 1 fully saturated rings. The summed E-state index contributed by atoms with van der Waals surface area (Å²) < 4.78 is 18.6. The number of aromatic nitrogens is 2. The van der Waals surface area contributed by atoms with Crippen LogP contribution in [0.2, 0.25) is 0 Å². The Morgan fingerprint density at radius 1 is 1.22 bits per heavy atom. The summed E-state index contributed by atoms with van der Waals surface area (Å²) in [6, 6.07) is 7.88. The van der Waals surface area contributed by atoms with E-state index in [9.17, 15) is 9.18 Å². The molecular formula is C20H25FN4O2. The predicted molar refractivity (Wildman–Crippen MR) is 102 cm³/mol. The van der Waals surface area contributed by atoms with Crippen LogP contribution < -0.4 is 9.64 Å². The van der Waals surface area contributed by atoms with Crippen molar-refractivity contribution in [2.45, 2.75) is 32.8 Å². The molecule has 0 bridgehead atoms. The number of nitrogens with zero attached hydrogens (tertiary/aromatic N) is 4. The molecule has 0 N–H and O–H groups in total. The van der Waals surface area contributed by atoms with Crippen LogP contribution in [-0.2, 0) is 0 Å². The number of amides is 1. The highest BCUT2D eigenvalue weighted by Crippen LogP contribution is 2.20. The van der Waals surface area contributed by atoms with E-state index in [1.54, 1.807) is 4.90 Å². The molecule has 1 saturated heterocycles. The van der Waals surface area contributed by atoms with Crippen LogP contribution >= 0.6 is 0 Å². The second kappa shape index (κ2) is 8.79. The van der Waals surface area contributed by atoms with E-state index < -0.39 is 5.82 Å². The number of halogens is 1. The van der Waals surface area contributed by atoms with E-state index in [4.69, 9.17) is 4.74 Å². The highest BCUT2D eigenvalue weighted by molar-refractivity contribution is 5.94. The van der Waals surface area contributed by atoms with Crippen molar-refractivity contribution in [2.75, 3.05) is 31.1 Å². The maximum absolute atomic E-state index is 12.9. The van der Waals surface area contributed by atoms with Gasteiger partial charge in [-0.25, -0.2) is 14.4 Å². The van der Waals surface area contributed by atoms with Gasteiger partial charge in [-0.1, -0.05) is 0 Å². The summed E-state index contributed by atoms with van der Waals surface area (Å²) >= 11 is 0. The summed E-state index contributed by atoms with van der Waals surface area (Å²) in [6.07, 6.45) is 3.61. The smallest absolute Gasteiger partial charge is 0.316 e. The van der Waals surface area contributed by atoms with Gasteiger partial charge in [0.05, 0.1) is 18.9 Å². The molecule has 1 aromatic heterocycles. The molecular weight excluding hydrogens is 347 g/mol. The van der Waals surface area contributed by atoms with Crippen LogP contribution in [0, 0.1) is 5.82 Å². The summed E-state index contributed by atoms with van der Waals surface area (Å²) in [4.78, 5) is 24.5. The number of likely N-dealkylation sites (tertiary alicyclic amines) is 1. The highest BCUT2D eigenvalue weighted by Gasteiger charge is 2.26. The molecule has 1 aromatic carbocycles. The van der Waals surface area contributed by atoms with Crippen LogP contribution in [0.15, 0.2) is 36.7 Å². The molecule has 0 aliphatic carbocycles. The molecule has 6 nitrogen and oxygen atoms in total. The zero-order chi connectivity index (χ0) is 19.2. The molecule has 7 heteroatoms.